The highest BCUT2D eigenvalue weighted by Gasteiger charge is 2.26. The molecular formula is C11H21N5O. The first kappa shape index (κ1) is 12.5. The topological polar surface area (TPSA) is 78.0 Å². The standard InChI is InChI=1S/C11H21N5O/c1-11(3-2-6-17-9-11)13-7-10-8-16(5-4-12)15-14-10/h8,13H,2-7,9,12H2,1H3. The van der Waals surface area contributed by atoms with Crippen LogP contribution in [-0.2, 0) is 17.8 Å². The van der Waals surface area contributed by atoms with Gasteiger partial charge in [0.05, 0.1) is 18.8 Å². The summed E-state index contributed by atoms with van der Waals surface area (Å²) in [6.45, 7) is 5.87. The zero-order valence-electron chi connectivity index (χ0n) is 10.4. The van der Waals surface area contributed by atoms with Crippen molar-refractivity contribution in [3.05, 3.63) is 11.9 Å². The number of hydrogen-bond donors (Lipinski definition) is 2. The first-order valence-electron chi connectivity index (χ1n) is 6.14. The van der Waals surface area contributed by atoms with E-state index in [2.05, 4.69) is 22.6 Å². The molecule has 0 radical (unpaired) electrons. The van der Waals surface area contributed by atoms with Crippen LogP contribution in [0.15, 0.2) is 6.20 Å². The van der Waals surface area contributed by atoms with Crippen molar-refractivity contribution in [1.82, 2.24) is 20.3 Å². The monoisotopic (exact) mass is 239 g/mol. The maximum absolute atomic E-state index is 5.50. The van der Waals surface area contributed by atoms with Gasteiger partial charge in [-0.25, -0.2) is 0 Å². The zero-order valence-corrected chi connectivity index (χ0v) is 10.4. The SMILES string of the molecule is CC1(NCc2cn(CCN)nn2)CCCOC1. The van der Waals surface area contributed by atoms with E-state index in [0.29, 0.717) is 13.1 Å². The van der Waals surface area contributed by atoms with Gasteiger partial charge >= 0.3 is 0 Å². The number of aromatic nitrogens is 3. The molecule has 1 aromatic rings. The summed E-state index contributed by atoms with van der Waals surface area (Å²) in [6.07, 6.45) is 4.19. The number of hydrogen-bond acceptors (Lipinski definition) is 5. The third-order valence-electron chi connectivity index (χ3n) is 3.08. The fourth-order valence-corrected chi connectivity index (χ4v) is 2.04. The highest BCUT2D eigenvalue weighted by Crippen LogP contribution is 2.18. The number of rotatable bonds is 5. The molecule has 96 valence electrons. The minimum absolute atomic E-state index is 0.0654. The van der Waals surface area contributed by atoms with E-state index in [1.165, 1.54) is 0 Å². The Labute approximate surface area is 102 Å². The summed E-state index contributed by atoms with van der Waals surface area (Å²) in [4.78, 5) is 0. The van der Waals surface area contributed by atoms with Gasteiger partial charge in [-0.3, -0.25) is 4.68 Å². The first-order chi connectivity index (χ1) is 8.22. The molecule has 3 N–H and O–H groups in total. The van der Waals surface area contributed by atoms with Crippen LogP contribution in [0.2, 0.25) is 0 Å². The molecule has 1 aliphatic rings. The molecule has 1 unspecified atom stereocenters. The Kier molecular flexibility index (Phi) is 4.09. The Morgan fingerprint density at radius 2 is 2.53 bits per heavy atom. The number of nitrogens with zero attached hydrogens (tertiary/aromatic N) is 3. The van der Waals surface area contributed by atoms with Crippen molar-refractivity contribution >= 4 is 0 Å². The van der Waals surface area contributed by atoms with Crippen LogP contribution in [0.1, 0.15) is 25.5 Å². The molecule has 6 nitrogen and oxygen atoms in total. The van der Waals surface area contributed by atoms with Crippen LogP contribution in [0.4, 0.5) is 0 Å². The lowest BCUT2D eigenvalue weighted by atomic mass is 9.95. The van der Waals surface area contributed by atoms with E-state index < -0.39 is 0 Å². The fourth-order valence-electron chi connectivity index (χ4n) is 2.04. The van der Waals surface area contributed by atoms with Crippen LogP contribution < -0.4 is 11.1 Å². The highest BCUT2D eigenvalue weighted by atomic mass is 16.5. The van der Waals surface area contributed by atoms with Crippen molar-refractivity contribution in [1.29, 1.82) is 0 Å². The van der Waals surface area contributed by atoms with Gasteiger partial charge in [-0.05, 0) is 19.8 Å². The molecular weight excluding hydrogens is 218 g/mol. The fraction of sp³-hybridized carbons (Fsp3) is 0.818. The maximum Gasteiger partial charge on any atom is 0.0965 e. The molecule has 1 aliphatic heterocycles. The molecule has 0 aromatic carbocycles. The molecule has 0 bridgehead atoms. The van der Waals surface area contributed by atoms with E-state index in [-0.39, 0.29) is 5.54 Å². The maximum atomic E-state index is 5.50. The highest BCUT2D eigenvalue weighted by molar-refractivity contribution is 4.95. The summed E-state index contributed by atoms with van der Waals surface area (Å²) in [5, 5.41) is 11.6. The molecule has 1 saturated heterocycles. The summed E-state index contributed by atoms with van der Waals surface area (Å²) >= 11 is 0. The largest absolute Gasteiger partial charge is 0.380 e. The van der Waals surface area contributed by atoms with Crippen LogP contribution in [0.5, 0.6) is 0 Å². The van der Waals surface area contributed by atoms with Crippen LogP contribution in [0.3, 0.4) is 0 Å². The molecule has 1 fully saturated rings. The average Bonchev–Trinajstić information content (AvgIpc) is 2.76. The molecule has 6 heteroatoms. The second kappa shape index (κ2) is 5.57. The zero-order chi connectivity index (χ0) is 12.1. The summed E-state index contributed by atoms with van der Waals surface area (Å²) < 4.78 is 7.27. The van der Waals surface area contributed by atoms with E-state index in [4.69, 9.17) is 10.5 Å². The molecule has 0 spiro atoms. The quantitative estimate of drug-likeness (QED) is 0.750. The van der Waals surface area contributed by atoms with Crippen LogP contribution in [0, 0.1) is 0 Å². The van der Waals surface area contributed by atoms with Gasteiger partial charge in [0.2, 0.25) is 0 Å². The summed E-state index contributed by atoms with van der Waals surface area (Å²) in [5.74, 6) is 0. The summed E-state index contributed by atoms with van der Waals surface area (Å²) in [7, 11) is 0. The van der Waals surface area contributed by atoms with Gasteiger partial charge < -0.3 is 15.8 Å². The Morgan fingerprint density at radius 1 is 1.65 bits per heavy atom. The van der Waals surface area contributed by atoms with E-state index in [0.717, 1.165) is 38.3 Å². The lowest BCUT2D eigenvalue weighted by molar-refractivity contribution is 0.0276. The number of nitrogens with one attached hydrogen (secondary N) is 1. The van der Waals surface area contributed by atoms with E-state index in [1.807, 2.05) is 6.20 Å². The Balaban J connectivity index is 1.83. The second-order valence-electron chi connectivity index (χ2n) is 4.83. The smallest absolute Gasteiger partial charge is 0.0965 e. The van der Waals surface area contributed by atoms with E-state index in [9.17, 15) is 0 Å². The van der Waals surface area contributed by atoms with Gasteiger partial charge in [0.25, 0.3) is 0 Å². The average molecular weight is 239 g/mol. The molecule has 2 rings (SSSR count). The molecule has 0 amide bonds. The van der Waals surface area contributed by atoms with Gasteiger partial charge in [0, 0.05) is 31.4 Å². The minimum Gasteiger partial charge on any atom is -0.380 e. The number of ether oxygens (including phenoxy) is 1. The molecule has 17 heavy (non-hydrogen) atoms. The summed E-state index contributed by atoms with van der Waals surface area (Å²) in [6, 6.07) is 0. The number of nitrogens with two attached hydrogens (primary N) is 1. The molecule has 0 saturated carbocycles. The van der Waals surface area contributed by atoms with Crippen molar-refractivity contribution in [2.75, 3.05) is 19.8 Å². The van der Waals surface area contributed by atoms with Crippen molar-refractivity contribution in [3.63, 3.8) is 0 Å². The predicted octanol–water partition coefficient (Wildman–Crippen LogP) is -0.104. The van der Waals surface area contributed by atoms with E-state index in [1.54, 1.807) is 4.68 Å². The van der Waals surface area contributed by atoms with Crippen LogP contribution >= 0.6 is 0 Å². The lowest BCUT2D eigenvalue weighted by Gasteiger charge is -2.34. The normalized spacial score (nSPS) is 25.1. The van der Waals surface area contributed by atoms with Crippen LogP contribution in [-0.4, -0.2) is 40.3 Å². The Hall–Kier alpha value is -0.980. The van der Waals surface area contributed by atoms with Gasteiger partial charge in [0.15, 0.2) is 0 Å². The second-order valence-corrected chi connectivity index (χ2v) is 4.83. The van der Waals surface area contributed by atoms with Gasteiger partial charge in [-0.15, -0.1) is 5.10 Å². The van der Waals surface area contributed by atoms with Gasteiger partial charge in [0.1, 0.15) is 0 Å². The summed E-state index contributed by atoms with van der Waals surface area (Å²) in [5.41, 5.74) is 6.48. The van der Waals surface area contributed by atoms with Crippen molar-refractivity contribution in [2.24, 2.45) is 5.73 Å². The molecule has 1 atom stereocenters. The molecule has 2 heterocycles. The van der Waals surface area contributed by atoms with Crippen molar-refractivity contribution in [3.8, 4) is 0 Å². The van der Waals surface area contributed by atoms with Crippen molar-refractivity contribution in [2.45, 2.75) is 38.4 Å². The lowest BCUT2D eigenvalue weighted by Crippen LogP contribution is -2.48. The van der Waals surface area contributed by atoms with Crippen LogP contribution in [0.25, 0.3) is 0 Å². The predicted molar refractivity (Wildman–Crippen MR) is 64.4 cm³/mol. The van der Waals surface area contributed by atoms with E-state index >= 15 is 0 Å². The molecule has 0 aliphatic carbocycles. The van der Waals surface area contributed by atoms with Crippen molar-refractivity contribution < 1.29 is 4.74 Å². The van der Waals surface area contributed by atoms with Gasteiger partial charge in [-0.1, -0.05) is 5.21 Å². The third kappa shape index (κ3) is 3.49. The third-order valence-corrected chi connectivity index (χ3v) is 3.08. The van der Waals surface area contributed by atoms with Gasteiger partial charge in [-0.2, -0.15) is 0 Å². The Bertz CT molecular complexity index is 345. The first-order valence-corrected chi connectivity index (χ1v) is 6.14. The Morgan fingerprint density at radius 3 is 3.24 bits per heavy atom. The molecule has 1 aromatic heterocycles. The minimum atomic E-state index is 0.0654.